The van der Waals surface area contributed by atoms with Crippen molar-refractivity contribution in [2.24, 2.45) is 5.73 Å². The number of amides is 1. The van der Waals surface area contributed by atoms with E-state index < -0.39 is 5.91 Å². The molecule has 2 N–H and O–H groups in total. The lowest BCUT2D eigenvalue weighted by Crippen LogP contribution is -2.12. The summed E-state index contributed by atoms with van der Waals surface area (Å²) in [5, 5.41) is 2.65. The molecule has 0 atom stereocenters. The first-order chi connectivity index (χ1) is 7.68. The zero-order valence-corrected chi connectivity index (χ0v) is 9.33. The highest BCUT2D eigenvalue weighted by molar-refractivity contribution is 7.13. The minimum absolute atomic E-state index is 0.249. The SMILES string of the molecule is C=C(C(N)=O)c1csc(-c2ccccc2)n1. The van der Waals surface area contributed by atoms with Crippen LogP contribution in [0.4, 0.5) is 0 Å². The van der Waals surface area contributed by atoms with E-state index in [-0.39, 0.29) is 5.57 Å². The number of aromatic nitrogens is 1. The van der Waals surface area contributed by atoms with E-state index in [0.717, 1.165) is 10.6 Å². The van der Waals surface area contributed by atoms with E-state index in [0.29, 0.717) is 5.69 Å². The molecule has 2 aromatic rings. The van der Waals surface area contributed by atoms with Gasteiger partial charge in [0.15, 0.2) is 0 Å². The first-order valence-electron chi connectivity index (χ1n) is 4.68. The van der Waals surface area contributed by atoms with Gasteiger partial charge in [-0.25, -0.2) is 4.98 Å². The zero-order chi connectivity index (χ0) is 11.5. The summed E-state index contributed by atoms with van der Waals surface area (Å²) in [5.41, 5.74) is 6.97. The number of thiazole rings is 1. The Morgan fingerprint density at radius 2 is 2.00 bits per heavy atom. The lowest BCUT2D eigenvalue weighted by atomic mass is 10.2. The largest absolute Gasteiger partial charge is 0.366 e. The molecule has 1 heterocycles. The highest BCUT2D eigenvalue weighted by Crippen LogP contribution is 2.25. The normalized spacial score (nSPS) is 10.0. The standard InChI is InChI=1S/C12H10N2OS/c1-8(11(13)15)10-7-16-12(14-10)9-5-3-2-4-6-9/h2-7H,1H2,(H2,13,15). The van der Waals surface area contributed by atoms with E-state index in [9.17, 15) is 4.79 Å². The molecule has 0 aliphatic heterocycles. The van der Waals surface area contributed by atoms with E-state index >= 15 is 0 Å². The summed E-state index contributed by atoms with van der Waals surface area (Å²) in [6.07, 6.45) is 0. The van der Waals surface area contributed by atoms with Gasteiger partial charge >= 0.3 is 0 Å². The predicted octanol–water partition coefficient (Wildman–Crippen LogP) is 2.31. The van der Waals surface area contributed by atoms with Crippen LogP contribution in [0.25, 0.3) is 16.1 Å². The van der Waals surface area contributed by atoms with E-state index in [4.69, 9.17) is 5.73 Å². The van der Waals surface area contributed by atoms with Gasteiger partial charge in [-0.3, -0.25) is 4.79 Å². The van der Waals surface area contributed by atoms with Crippen LogP contribution in [-0.4, -0.2) is 10.9 Å². The highest BCUT2D eigenvalue weighted by atomic mass is 32.1. The molecule has 1 amide bonds. The number of rotatable bonds is 3. The Morgan fingerprint density at radius 1 is 1.31 bits per heavy atom. The highest BCUT2D eigenvalue weighted by Gasteiger charge is 2.10. The molecular weight excluding hydrogens is 220 g/mol. The molecule has 0 unspecified atom stereocenters. The minimum Gasteiger partial charge on any atom is -0.366 e. The van der Waals surface area contributed by atoms with Gasteiger partial charge < -0.3 is 5.73 Å². The van der Waals surface area contributed by atoms with Crippen LogP contribution >= 0.6 is 11.3 Å². The molecule has 0 bridgehead atoms. The molecule has 0 spiro atoms. The fourth-order valence-corrected chi connectivity index (χ4v) is 2.09. The Kier molecular flexibility index (Phi) is 2.83. The van der Waals surface area contributed by atoms with Crippen LogP contribution in [0.1, 0.15) is 5.69 Å². The fourth-order valence-electron chi connectivity index (χ4n) is 1.25. The maximum absolute atomic E-state index is 10.9. The molecule has 3 nitrogen and oxygen atoms in total. The average molecular weight is 230 g/mol. The zero-order valence-electron chi connectivity index (χ0n) is 8.51. The van der Waals surface area contributed by atoms with Crippen LogP contribution in [0.5, 0.6) is 0 Å². The number of benzene rings is 1. The summed E-state index contributed by atoms with van der Waals surface area (Å²) >= 11 is 1.47. The van der Waals surface area contributed by atoms with Gasteiger partial charge in [-0.15, -0.1) is 11.3 Å². The van der Waals surface area contributed by atoms with Crippen LogP contribution in [-0.2, 0) is 4.79 Å². The summed E-state index contributed by atoms with van der Waals surface area (Å²) < 4.78 is 0. The first-order valence-corrected chi connectivity index (χ1v) is 5.56. The minimum atomic E-state index is -0.537. The van der Waals surface area contributed by atoms with Crippen molar-refractivity contribution in [3.8, 4) is 10.6 Å². The Hall–Kier alpha value is -1.94. The smallest absolute Gasteiger partial charge is 0.250 e. The van der Waals surface area contributed by atoms with Gasteiger partial charge in [0, 0.05) is 10.9 Å². The Labute approximate surface area is 97.3 Å². The molecule has 0 saturated carbocycles. The second-order valence-electron chi connectivity index (χ2n) is 3.25. The van der Waals surface area contributed by atoms with Gasteiger partial charge in [0.2, 0.25) is 5.91 Å². The molecule has 0 fully saturated rings. The van der Waals surface area contributed by atoms with Gasteiger partial charge in [-0.05, 0) is 0 Å². The second-order valence-corrected chi connectivity index (χ2v) is 4.10. The fraction of sp³-hybridized carbons (Fsp3) is 0. The molecule has 1 aromatic heterocycles. The Morgan fingerprint density at radius 3 is 2.62 bits per heavy atom. The third-order valence-electron chi connectivity index (χ3n) is 2.13. The van der Waals surface area contributed by atoms with E-state index in [2.05, 4.69) is 11.6 Å². The quantitative estimate of drug-likeness (QED) is 0.822. The first kappa shape index (κ1) is 10.6. The van der Waals surface area contributed by atoms with Gasteiger partial charge in [-0.1, -0.05) is 36.9 Å². The number of carbonyl (C=O) groups is 1. The van der Waals surface area contributed by atoms with Crippen molar-refractivity contribution in [1.29, 1.82) is 0 Å². The van der Waals surface area contributed by atoms with Gasteiger partial charge in [0.25, 0.3) is 0 Å². The van der Waals surface area contributed by atoms with Crippen LogP contribution in [0.2, 0.25) is 0 Å². The topological polar surface area (TPSA) is 56.0 Å². The van der Waals surface area contributed by atoms with Crippen molar-refractivity contribution < 1.29 is 4.79 Å². The third-order valence-corrected chi connectivity index (χ3v) is 3.02. The van der Waals surface area contributed by atoms with Crippen LogP contribution in [0.3, 0.4) is 0 Å². The molecular formula is C12H10N2OS. The summed E-state index contributed by atoms with van der Waals surface area (Å²) in [7, 11) is 0. The third kappa shape index (κ3) is 2.01. The summed E-state index contributed by atoms with van der Waals surface area (Å²) in [5.74, 6) is -0.537. The van der Waals surface area contributed by atoms with Crippen molar-refractivity contribution in [2.45, 2.75) is 0 Å². The number of hydrogen-bond donors (Lipinski definition) is 1. The molecule has 1 aromatic carbocycles. The van der Waals surface area contributed by atoms with Crippen molar-refractivity contribution in [2.75, 3.05) is 0 Å². The summed E-state index contributed by atoms with van der Waals surface area (Å²) in [6.45, 7) is 3.60. The van der Waals surface area contributed by atoms with Crippen molar-refractivity contribution >= 4 is 22.8 Å². The lowest BCUT2D eigenvalue weighted by molar-refractivity contribution is -0.112. The summed E-state index contributed by atoms with van der Waals surface area (Å²) in [6, 6.07) is 9.77. The van der Waals surface area contributed by atoms with E-state index in [1.54, 1.807) is 5.38 Å². The van der Waals surface area contributed by atoms with Crippen LogP contribution in [0, 0.1) is 0 Å². The number of primary amides is 1. The lowest BCUT2D eigenvalue weighted by Gasteiger charge is -1.95. The molecule has 0 aliphatic rings. The number of carbonyl (C=O) groups excluding carboxylic acids is 1. The van der Waals surface area contributed by atoms with Gasteiger partial charge in [-0.2, -0.15) is 0 Å². The van der Waals surface area contributed by atoms with Crippen LogP contribution < -0.4 is 5.73 Å². The number of nitrogens with two attached hydrogens (primary N) is 1. The molecule has 0 saturated heterocycles. The van der Waals surface area contributed by atoms with Crippen molar-refractivity contribution in [3.63, 3.8) is 0 Å². The summed E-state index contributed by atoms with van der Waals surface area (Å²) in [4.78, 5) is 15.3. The molecule has 80 valence electrons. The van der Waals surface area contributed by atoms with Gasteiger partial charge in [0.1, 0.15) is 5.01 Å². The monoisotopic (exact) mass is 230 g/mol. The second kappa shape index (κ2) is 4.28. The molecule has 16 heavy (non-hydrogen) atoms. The molecule has 0 radical (unpaired) electrons. The predicted molar refractivity (Wildman–Crippen MR) is 65.8 cm³/mol. The molecule has 0 aliphatic carbocycles. The van der Waals surface area contributed by atoms with E-state index in [1.165, 1.54) is 11.3 Å². The number of nitrogens with zero attached hydrogens (tertiary/aromatic N) is 1. The van der Waals surface area contributed by atoms with E-state index in [1.807, 2.05) is 30.3 Å². The molecule has 2 rings (SSSR count). The van der Waals surface area contributed by atoms with Crippen LogP contribution in [0.15, 0.2) is 42.3 Å². The maximum atomic E-state index is 10.9. The number of hydrogen-bond acceptors (Lipinski definition) is 3. The molecule has 4 heteroatoms. The average Bonchev–Trinajstić information content (AvgIpc) is 2.78. The Bertz CT molecular complexity index is 531. The van der Waals surface area contributed by atoms with Gasteiger partial charge in [0.05, 0.1) is 11.3 Å². The van der Waals surface area contributed by atoms with Crippen molar-refractivity contribution in [1.82, 2.24) is 4.98 Å². The maximum Gasteiger partial charge on any atom is 0.250 e. The van der Waals surface area contributed by atoms with Crippen molar-refractivity contribution in [3.05, 3.63) is 48.0 Å². The Balaban J connectivity index is 2.34.